The van der Waals surface area contributed by atoms with Crippen molar-refractivity contribution in [3.8, 4) is 0 Å². The third kappa shape index (κ3) is 6.51. The summed E-state index contributed by atoms with van der Waals surface area (Å²) in [6.07, 6.45) is 5.31. The van der Waals surface area contributed by atoms with Crippen LogP contribution in [0, 0.1) is 0 Å². The molecule has 0 spiro atoms. The molecule has 0 fully saturated rings. The maximum Gasteiger partial charge on any atom is 0.373 e. The van der Waals surface area contributed by atoms with Gasteiger partial charge < -0.3 is 14.1 Å². The van der Waals surface area contributed by atoms with Crippen molar-refractivity contribution in [2.45, 2.75) is 45.8 Å². The number of carbonyl (C=O) groups excluding carboxylic acids is 1. The Morgan fingerprint density at radius 3 is 1.91 bits per heavy atom. The van der Waals surface area contributed by atoms with Gasteiger partial charge in [-0.2, -0.15) is 0 Å². The summed E-state index contributed by atoms with van der Waals surface area (Å²) in [5, 5.41) is 0. The summed E-state index contributed by atoms with van der Waals surface area (Å²) >= 11 is 0. The maximum absolute atomic E-state index is 12.2. The molecular formula is C17H31NO3Si. The van der Waals surface area contributed by atoms with Crippen LogP contribution in [0.2, 0.25) is 18.1 Å². The molecule has 0 saturated carbocycles. The van der Waals surface area contributed by atoms with E-state index in [1.807, 2.05) is 4.90 Å². The van der Waals surface area contributed by atoms with E-state index in [9.17, 15) is 4.79 Å². The zero-order chi connectivity index (χ0) is 17.0. The van der Waals surface area contributed by atoms with Crippen molar-refractivity contribution in [3.05, 3.63) is 37.3 Å². The zero-order valence-electron chi connectivity index (χ0n) is 14.6. The highest BCUT2D eigenvalue weighted by Gasteiger charge is 2.33. The van der Waals surface area contributed by atoms with Gasteiger partial charge in [0.2, 0.25) is 5.76 Å². The smallest absolute Gasteiger partial charge is 0.373 e. The molecule has 0 aromatic heterocycles. The van der Waals surface area contributed by atoms with E-state index in [0.717, 1.165) is 18.1 Å². The van der Waals surface area contributed by atoms with E-state index in [1.165, 1.54) is 0 Å². The highest BCUT2D eigenvalue weighted by atomic mass is 28.4. The Labute approximate surface area is 136 Å². The number of rotatable bonds is 12. The number of ether oxygens (including phenoxy) is 1. The first-order chi connectivity index (χ1) is 10.5. The van der Waals surface area contributed by atoms with Crippen LogP contribution in [0.5, 0.6) is 0 Å². The van der Waals surface area contributed by atoms with Crippen molar-refractivity contribution in [1.29, 1.82) is 0 Å². The summed E-state index contributed by atoms with van der Waals surface area (Å²) in [4.78, 5) is 14.2. The average Bonchev–Trinajstić information content (AvgIpc) is 2.52. The topological polar surface area (TPSA) is 38.8 Å². The van der Waals surface area contributed by atoms with Crippen molar-refractivity contribution in [2.75, 3.05) is 19.7 Å². The molecule has 4 nitrogen and oxygen atoms in total. The molecule has 0 N–H and O–H groups in total. The normalized spacial score (nSPS) is 11.7. The van der Waals surface area contributed by atoms with Gasteiger partial charge in [-0.15, -0.1) is 13.2 Å². The molecule has 0 aromatic carbocycles. The molecule has 0 atom stereocenters. The van der Waals surface area contributed by atoms with Gasteiger partial charge in [0.05, 0.1) is 6.61 Å². The van der Waals surface area contributed by atoms with Gasteiger partial charge in [0.1, 0.15) is 0 Å². The SMILES string of the molecule is C=CCN(/C=C(\O[Si](CC)(CC)CC)C(=O)OCC)CC=C. The van der Waals surface area contributed by atoms with E-state index >= 15 is 0 Å². The highest BCUT2D eigenvalue weighted by Crippen LogP contribution is 2.25. The zero-order valence-corrected chi connectivity index (χ0v) is 15.6. The first-order valence-electron chi connectivity index (χ1n) is 8.06. The Kier molecular flexibility index (Phi) is 10.4. The standard InChI is InChI=1S/C17H31NO3Si/c1-7-13-18(14-8-2)15-16(17(19)20-9-3)21-22(10-4,11-5)12-6/h7-8,15H,1-2,9-14H2,3-6H3/b16-15-. The van der Waals surface area contributed by atoms with Gasteiger partial charge in [0, 0.05) is 19.3 Å². The molecule has 22 heavy (non-hydrogen) atoms. The Bertz CT molecular complexity index is 371. The lowest BCUT2D eigenvalue weighted by atomic mass is 10.4. The lowest BCUT2D eigenvalue weighted by molar-refractivity contribution is -0.141. The van der Waals surface area contributed by atoms with Crippen LogP contribution in [-0.4, -0.2) is 38.9 Å². The van der Waals surface area contributed by atoms with Crippen LogP contribution in [0.15, 0.2) is 37.3 Å². The quantitative estimate of drug-likeness (QED) is 0.178. The maximum atomic E-state index is 12.2. The van der Waals surface area contributed by atoms with E-state index in [4.69, 9.17) is 9.16 Å². The van der Waals surface area contributed by atoms with Gasteiger partial charge in [-0.3, -0.25) is 0 Å². The van der Waals surface area contributed by atoms with Crippen LogP contribution in [0.1, 0.15) is 27.7 Å². The molecule has 0 aliphatic rings. The molecule has 0 amide bonds. The molecule has 0 aromatic rings. The van der Waals surface area contributed by atoms with Gasteiger partial charge in [0.15, 0.2) is 0 Å². The molecule has 0 aliphatic carbocycles. The summed E-state index contributed by atoms with van der Waals surface area (Å²) in [7, 11) is -1.93. The van der Waals surface area contributed by atoms with Gasteiger partial charge in [0.25, 0.3) is 8.32 Å². The molecule has 0 aliphatic heterocycles. The molecule has 0 radical (unpaired) electrons. The second-order valence-corrected chi connectivity index (χ2v) is 9.78. The Balaban J connectivity index is 5.46. The summed E-state index contributed by atoms with van der Waals surface area (Å²) in [5.41, 5.74) is 0. The first-order valence-corrected chi connectivity index (χ1v) is 10.6. The monoisotopic (exact) mass is 325 g/mol. The van der Waals surface area contributed by atoms with Crippen LogP contribution in [0.4, 0.5) is 0 Å². The fourth-order valence-corrected chi connectivity index (χ4v) is 4.74. The van der Waals surface area contributed by atoms with E-state index in [2.05, 4.69) is 33.9 Å². The van der Waals surface area contributed by atoms with Crippen LogP contribution in [-0.2, 0) is 14.0 Å². The van der Waals surface area contributed by atoms with Crippen LogP contribution < -0.4 is 0 Å². The first kappa shape index (κ1) is 20.5. The van der Waals surface area contributed by atoms with E-state index in [1.54, 1.807) is 25.3 Å². The van der Waals surface area contributed by atoms with Gasteiger partial charge in [-0.1, -0.05) is 32.9 Å². The Morgan fingerprint density at radius 1 is 1.05 bits per heavy atom. The van der Waals surface area contributed by atoms with E-state index in [-0.39, 0.29) is 0 Å². The minimum Gasteiger partial charge on any atom is -0.538 e. The van der Waals surface area contributed by atoms with Crippen molar-refractivity contribution in [2.24, 2.45) is 0 Å². The van der Waals surface area contributed by atoms with Gasteiger partial charge in [-0.05, 0) is 25.1 Å². The summed E-state index contributed by atoms with van der Waals surface area (Å²) < 4.78 is 11.4. The fourth-order valence-electron chi connectivity index (χ4n) is 2.20. The number of hydrogen-bond donors (Lipinski definition) is 0. The van der Waals surface area contributed by atoms with Gasteiger partial charge >= 0.3 is 5.97 Å². The molecule has 0 saturated heterocycles. The molecule has 0 bridgehead atoms. The Hall–Kier alpha value is -1.49. The lowest BCUT2D eigenvalue weighted by Gasteiger charge is -2.30. The molecule has 0 unspecified atom stereocenters. The number of hydrogen-bond acceptors (Lipinski definition) is 4. The van der Waals surface area contributed by atoms with E-state index < -0.39 is 14.3 Å². The molecule has 126 valence electrons. The van der Waals surface area contributed by atoms with Crippen molar-refractivity contribution < 1.29 is 14.0 Å². The number of esters is 1. The molecule has 0 rings (SSSR count). The van der Waals surface area contributed by atoms with Crippen molar-refractivity contribution >= 4 is 14.3 Å². The minimum absolute atomic E-state index is 0.308. The minimum atomic E-state index is -1.93. The van der Waals surface area contributed by atoms with Crippen LogP contribution >= 0.6 is 0 Å². The second kappa shape index (κ2) is 11.1. The third-order valence-electron chi connectivity index (χ3n) is 3.76. The lowest BCUT2D eigenvalue weighted by Crippen LogP contribution is -2.37. The fraction of sp³-hybridized carbons (Fsp3) is 0.588. The predicted octanol–water partition coefficient (Wildman–Crippen LogP) is 4.09. The van der Waals surface area contributed by atoms with Crippen LogP contribution in [0.3, 0.4) is 0 Å². The molecule has 5 heteroatoms. The third-order valence-corrected chi connectivity index (χ3v) is 8.28. The summed E-state index contributed by atoms with van der Waals surface area (Å²) in [5.74, 6) is -0.0874. The van der Waals surface area contributed by atoms with E-state index in [0.29, 0.717) is 25.5 Å². The van der Waals surface area contributed by atoms with Crippen LogP contribution in [0.25, 0.3) is 0 Å². The highest BCUT2D eigenvalue weighted by molar-refractivity contribution is 6.74. The predicted molar refractivity (Wildman–Crippen MR) is 95.0 cm³/mol. The number of nitrogens with zero attached hydrogens (tertiary/aromatic N) is 1. The number of carbonyl (C=O) groups is 1. The summed E-state index contributed by atoms with van der Waals surface area (Å²) in [6, 6.07) is 2.92. The molecular weight excluding hydrogens is 294 g/mol. The van der Waals surface area contributed by atoms with Crippen molar-refractivity contribution in [3.63, 3.8) is 0 Å². The summed E-state index contributed by atoms with van der Waals surface area (Å²) in [6.45, 7) is 17.3. The Morgan fingerprint density at radius 2 is 1.55 bits per heavy atom. The van der Waals surface area contributed by atoms with Gasteiger partial charge in [-0.25, -0.2) is 4.79 Å². The van der Waals surface area contributed by atoms with Crippen molar-refractivity contribution in [1.82, 2.24) is 4.90 Å². The largest absolute Gasteiger partial charge is 0.538 e. The molecule has 0 heterocycles. The average molecular weight is 326 g/mol. The second-order valence-electron chi connectivity index (χ2n) is 5.09.